The van der Waals surface area contributed by atoms with E-state index in [0.29, 0.717) is 29.1 Å². The monoisotopic (exact) mass is 408 g/mol. The Morgan fingerprint density at radius 1 is 0.935 bits per heavy atom. The van der Waals surface area contributed by atoms with Crippen LogP contribution in [0.2, 0.25) is 0 Å². The van der Waals surface area contributed by atoms with Crippen molar-refractivity contribution in [2.24, 2.45) is 5.92 Å². The second kappa shape index (κ2) is 7.34. The summed E-state index contributed by atoms with van der Waals surface area (Å²) in [6, 6.07) is 23.0. The molecule has 0 bridgehead atoms. The minimum atomic E-state index is 0.0584. The molecule has 1 aliphatic heterocycles. The molecule has 31 heavy (non-hydrogen) atoms. The molecular formula is C26H24N4O. The van der Waals surface area contributed by atoms with Crippen LogP contribution in [0.15, 0.2) is 79.1 Å². The summed E-state index contributed by atoms with van der Waals surface area (Å²) >= 11 is 0. The average molecular weight is 409 g/mol. The van der Waals surface area contributed by atoms with Gasteiger partial charge in [0.15, 0.2) is 5.65 Å². The molecule has 5 heteroatoms. The highest BCUT2D eigenvalue weighted by molar-refractivity contribution is 6.00. The SMILES string of the molecule is O=C(c1cnn2c(-c3ccccc3)ccnc12)N1CC(c2ccccc2)C2CCCC21. The Balaban J connectivity index is 1.37. The van der Waals surface area contributed by atoms with Gasteiger partial charge in [0, 0.05) is 30.3 Å². The Bertz CT molecular complexity index is 1230. The molecule has 2 aromatic heterocycles. The molecule has 0 radical (unpaired) electrons. The fraction of sp³-hybridized carbons (Fsp3) is 0.269. The first-order chi connectivity index (χ1) is 15.3. The molecule has 0 spiro atoms. The lowest BCUT2D eigenvalue weighted by molar-refractivity contribution is 0.0730. The molecule has 0 N–H and O–H groups in total. The normalized spacial score (nSPS) is 22.7. The van der Waals surface area contributed by atoms with Crippen molar-refractivity contribution in [3.63, 3.8) is 0 Å². The zero-order valence-corrected chi connectivity index (χ0v) is 17.3. The van der Waals surface area contributed by atoms with Crippen LogP contribution < -0.4 is 0 Å². The number of hydrogen-bond acceptors (Lipinski definition) is 3. The third-order valence-electron chi connectivity index (χ3n) is 7.03. The second-order valence-corrected chi connectivity index (χ2v) is 8.63. The van der Waals surface area contributed by atoms with Crippen molar-refractivity contribution in [2.45, 2.75) is 31.2 Å². The Labute approximate surface area is 181 Å². The number of carbonyl (C=O) groups excluding carboxylic acids is 1. The third kappa shape index (κ3) is 2.95. The van der Waals surface area contributed by atoms with Gasteiger partial charge in [0.25, 0.3) is 5.91 Å². The molecule has 1 saturated heterocycles. The van der Waals surface area contributed by atoms with Crippen LogP contribution in [0.5, 0.6) is 0 Å². The molecule has 154 valence electrons. The summed E-state index contributed by atoms with van der Waals surface area (Å²) in [7, 11) is 0. The molecule has 3 unspecified atom stereocenters. The number of fused-ring (bicyclic) bond motifs is 2. The molecule has 5 nitrogen and oxygen atoms in total. The van der Waals surface area contributed by atoms with E-state index in [4.69, 9.17) is 0 Å². The van der Waals surface area contributed by atoms with Gasteiger partial charge >= 0.3 is 0 Å². The first kappa shape index (κ1) is 18.3. The zero-order valence-electron chi connectivity index (χ0n) is 17.3. The van der Waals surface area contributed by atoms with Crippen LogP contribution in [-0.2, 0) is 0 Å². The summed E-state index contributed by atoms with van der Waals surface area (Å²) in [6.07, 6.45) is 6.93. The van der Waals surface area contributed by atoms with Gasteiger partial charge in [-0.15, -0.1) is 0 Å². The molecule has 4 aromatic rings. The smallest absolute Gasteiger partial charge is 0.259 e. The quantitative estimate of drug-likeness (QED) is 0.489. The first-order valence-corrected chi connectivity index (χ1v) is 11.1. The van der Waals surface area contributed by atoms with E-state index in [9.17, 15) is 4.79 Å². The average Bonchev–Trinajstić information content (AvgIpc) is 3.55. The summed E-state index contributed by atoms with van der Waals surface area (Å²) in [5.74, 6) is 1.01. The van der Waals surface area contributed by atoms with Crippen molar-refractivity contribution >= 4 is 11.6 Å². The molecule has 2 aliphatic rings. The Kier molecular flexibility index (Phi) is 4.34. The van der Waals surface area contributed by atoms with Crippen LogP contribution in [0.3, 0.4) is 0 Å². The number of rotatable bonds is 3. The van der Waals surface area contributed by atoms with E-state index < -0.39 is 0 Å². The summed E-state index contributed by atoms with van der Waals surface area (Å²) < 4.78 is 1.79. The van der Waals surface area contributed by atoms with Gasteiger partial charge in [-0.2, -0.15) is 5.10 Å². The molecule has 6 rings (SSSR count). The van der Waals surface area contributed by atoms with Crippen molar-refractivity contribution in [1.29, 1.82) is 0 Å². The molecule has 1 amide bonds. The van der Waals surface area contributed by atoms with Crippen LogP contribution in [0.25, 0.3) is 16.9 Å². The van der Waals surface area contributed by atoms with Crippen molar-refractivity contribution in [2.75, 3.05) is 6.54 Å². The van der Waals surface area contributed by atoms with Gasteiger partial charge in [0.1, 0.15) is 5.56 Å². The van der Waals surface area contributed by atoms with Gasteiger partial charge in [-0.05, 0) is 30.4 Å². The van der Waals surface area contributed by atoms with Crippen molar-refractivity contribution in [3.8, 4) is 11.3 Å². The maximum absolute atomic E-state index is 13.7. The number of nitrogens with zero attached hydrogens (tertiary/aromatic N) is 4. The molecule has 2 aromatic carbocycles. The Morgan fingerprint density at radius 2 is 1.71 bits per heavy atom. The molecule has 1 saturated carbocycles. The maximum Gasteiger partial charge on any atom is 0.259 e. The third-order valence-corrected chi connectivity index (χ3v) is 7.03. The van der Waals surface area contributed by atoms with E-state index in [1.165, 1.54) is 18.4 Å². The van der Waals surface area contributed by atoms with Crippen LogP contribution in [0, 0.1) is 5.92 Å². The minimum Gasteiger partial charge on any atom is -0.335 e. The van der Waals surface area contributed by atoms with Crippen LogP contribution >= 0.6 is 0 Å². The summed E-state index contributed by atoms with van der Waals surface area (Å²) in [6.45, 7) is 0.772. The largest absolute Gasteiger partial charge is 0.335 e. The van der Waals surface area contributed by atoms with E-state index in [0.717, 1.165) is 24.2 Å². The minimum absolute atomic E-state index is 0.0584. The number of aromatic nitrogens is 3. The van der Waals surface area contributed by atoms with Gasteiger partial charge in [0.05, 0.1) is 11.9 Å². The Morgan fingerprint density at radius 3 is 2.52 bits per heavy atom. The van der Waals surface area contributed by atoms with E-state index in [1.807, 2.05) is 36.4 Å². The predicted molar refractivity (Wildman–Crippen MR) is 120 cm³/mol. The highest BCUT2D eigenvalue weighted by atomic mass is 16.2. The fourth-order valence-corrected chi connectivity index (χ4v) is 5.62. The number of amides is 1. The molecule has 2 fully saturated rings. The predicted octanol–water partition coefficient (Wildman–Crippen LogP) is 4.80. The molecule has 3 heterocycles. The molecule has 1 aliphatic carbocycles. The van der Waals surface area contributed by atoms with Crippen LogP contribution in [0.4, 0.5) is 0 Å². The first-order valence-electron chi connectivity index (χ1n) is 11.1. The number of benzene rings is 2. The van der Waals surface area contributed by atoms with Crippen molar-refractivity contribution in [3.05, 3.63) is 90.3 Å². The highest BCUT2D eigenvalue weighted by Crippen LogP contribution is 2.46. The van der Waals surface area contributed by atoms with Crippen LogP contribution in [-0.4, -0.2) is 38.0 Å². The van der Waals surface area contributed by atoms with Gasteiger partial charge in [-0.25, -0.2) is 9.50 Å². The fourth-order valence-electron chi connectivity index (χ4n) is 5.62. The lowest BCUT2D eigenvalue weighted by atomic mass is 9.87. The Hall–Kier alpha value is -3.47. The zero-order chi connectivity index (χ0) is 20.8. The number of hydrogen-bond donors (Lipinski definition) is 0. The second-order valence-electron chi connectivity index (χ2n) is 8.63. The van der Waals surface area contributed by atoms with E-state index in [-0.39, 0.29) is 5.91 Å². The van der Waals surface area contributed by atoms with E-state index in [1.54, 1.807) is 16.9 Å². The summed E-state index contributed by atoms with van der Waals surface area (Å²) in [5, 5.41) is 4.56. The van der Waals surface area contributed by atoms with Gasteiger partial charge in [-0.1, -0.05) is 67.1 Å². The molecule has 3 atom stereocenters. The van der Waals surface area contributed by atoms with E-state index >= 15 is 0 Å². The summed E-state index contributed by atoms with van der Waals surface area (Å²) in [4.78, 5) is 20.4. The van der Waals surface area contributed by atoms with Gasteiger partial charge in [-0.3, -0.25) is 4.79 Å². The van der Waals surface area contributed by atoms with Gasteiger partial charge in [0.2, 0.25) is 0 Å². The number of carbonyl (C=O) groups is 1. The van der Waals surface area contributed by atoms with Crippen LogP contribution in [0.1, 0.15) is 41.1 Å². The van der Waals surface area contributed by atoms with E-state index in [2.05, 4.69) is 45.3 Å². The lowest BCUT2D eigenvalue weighted by Crippen LogP contribution is -2.36. The lowest BCUT2D eigenvalue weighted by Gasteiger charge is -2.23. The summed E-state index contributed by atoms with van der Waals surface area (Å²) in [5.41, 5.74) is 4.56. The van der Waals surface area contributed by atoms with Gasteiger partial charge < -0.3 is 4.90 Å². The standard InChI is InChI=1S/C26H24N4O/c31-26(29-17-22(18-8-3-1-4-9-18)20-12-7-13-24(20)29)21-16-28-30-23(14-15-27-25(21)30)19-10-5-2-6-11-19/h1-6,8-11,14-16,20,22,24H,7,12-13,17H2. The number of likely N-dealkylation sites (tertiary alicyclic amines) is 1. The molecular weight excluding hydrogens is 384 g/mol. The highest BCUT2D eigenvalue weighted by Gasteiger charge is 2.47. The van der Waals surface area contributed by atoms with Crippen molar-refractivity contribution < 1.29 is 4.79 Å². The topological polar surface area (TPSA) is 50.5 Å². The maximum atomic E-state index is 13.7. The van der Waals surface area contributed by atoms with Crippen molar-refractivity contribution in [1.82, 2.24) is 19.5 Å².